The summed E-state index contributed by atoms with van der Waals surface area (Å²) in [7, 11) is -8.23. The van der Waals surface area contributed by atoms with Gasteiger partial charge in [-0.05, 0) is 62.4 Å². The van der Waals surface area contributed by atoms with Gasteiger partial charge in [0.1, 0.15) is 12.3 Å². The molecule has 0 radical (unpaired) electrons. The Morgan fingerprint density at radius 1 is 0.465 bits per heavy atom. The average molecular weight is 608 g/mol. The van der Waals surface area contributed by atoms with Gasteiger partial charge in [0.2, 0.25) is 0 Å². The largest absolute Gasteiger partial charge is 0.320 e. The normalized spacial score (nSPS) is 17.8. The molecule has 0 aliphatic carbocycles. The lowest BCUT2D eigenvalue weighted by Gasteiger charge is -2.56. The highest BCUT2D eigenvalue weighted by atomic mass is 32.2. The molecule has 2 bridgehead atoms. The van der Waals surface area contributed by atoms with Crippen LogP contribution in [0.1, 0.15) is 34.6 Å². The van der Waals surface area contributed by atoms with E-state index in [9.17, 15) is 16.8 Å². The van der Waals surface area contributed by atoms with Crippen molar-refractivity contribution < 1.29 is 16.8 Å². The maximum Gasteiger partial charge on any atom is 0.266 e. The van der Waals surface area contributed by atoms with E-state index < -0.39 is 32.4 Å². The number of rotatable bonds is 5. The van der Waals surface area contributed by atoms with Crippen LogP contribution in [0.25, 0.3) is 0 Å². The van der Waals surface area contributed by atoms with Gasteiger partial charge in [-0.15, -0.1) is 0 Å². The number of sulfonamides is 2. The Labute approximate surface area is 252 Å². The van der Waals surface area contributed by atoms with Gasteiger partial charge in [0.15, 0.2) is 0 Å². The van der Waals surface area contributed by atoms with Crippen molar-refractivity contribution in [1.82, 2.24) is 0 Å². The second-order valence-corrected chi connectivity index (χ2v) is 14.5. The number of fused-ring (bicyclic) bond motifs is 6. The predicted octanol–water partition coefficient (Wildman–Crippen LogP) is 6.93. The fraction of sp³-hybridized carbons (Fsp3) is 0.118. The number of aryl methyl sites for hydroxylation is 2. The quantitative estimate of drug-likeness (QED) is 0.217. The number of anilines is 3. The zero-order valence-corrected chi connectivity index (χ0v) is 25.2. The second-order valence-electron chi connectivity index (χ2n) is 10.8. The molecule has 0 amide bonds. The third kappa shape index (κ3) is 4.22. The molecule has 0 saturated heterocycles. The number of para-hydroxylation sites is 3. The topological polar surface area (TPSA) is 78.0 Å². The number of hydrogen-bond donors (Lipinski definition) is 0. The smallest absolute Gasteiger partial charge is 0.266 e. The van der Waals surface area contributed by atoms with E-state index in [1.807, 2.05) is 73.3 Å². The fourth-order valence-corrected chi connectivity index (χ4v) is 9.26. The van der Waals surface area contributed by atoms with Crippen molar-refractivity contribution in [2.45, 2.75) is 36.0 Å². The first-order chi connectivity index (χ1) is 20.7. The molecule has 0 aromatic heterocycles. The second kappa shape index (κ2) is 10.00. The summed E-state index contributed by atoms with van der Waals surface area (Å²) in [4.78, 5) is 2.22. The molecule has 5 aromatic rings. The van der Waals surface area contributed by atoms with Crippen LogP contribution in [-0.4, -0.2) is 16.8 Å². The molecule has 2 atom stereocenters. The molecule has 2 heterocycles. The van der Waals surface area contributed by atoms with E-state index >= 15 is 0 Å². The lowest BCUT2D eigenvalue weighted by Crippen LogP contribution is -2.59. The Bertz CT molecular complexity index is 1920. The molecule has 43 heavy (non-hydrogen) atoms. The Morgan fingerprint density at radius 2 is 0.837 bits per heavy atom. The highest BCUT2D eigenvalue weighted by molar-refractivity contribution is 7.93. The Kier molecular flexibility index (Phi) is 6.34. The van der Waals surface area contributed by atoms with Gasteiger partial charge in [-0.1, -0.05) is 90.0 Å². The van der Waals surface area contributed by atoms with Crippen molar-refractivity contribution in [2.75, 3.05) is 13.5 Å². The van der Waals surface area contributed by atoms with Crippen molar-refractivity contribution in [1.29, 1.82) is 0 Å². The third-order valence-corrected chi connectivity index (χ3v) is 11.7. The molecule has 0 N–H and O–H groups in total. The first-order valence-electron chi connectivity index (χ1n) is 13.9. The standard InChI is InChI=1S/C34H29N3O4S2/c1-24-16-20-27(21-17-24)42(38,39)36-31-14-8-6-12-29(31)34-35(26-10-4-3-5-11-26)33(36)30-13-7-9-15-32(30)37(34)43(40,41)28-22-18-25(2)19-23-28/h3-23,33-34H,1-2H3/t33-,34+. The average Bonchev–Trinajstić information content (AvgIpc) is 3.01. The molecule has 0 fully saturated rings. The van der Waals surface area contributed by atoms with Gasteiger partial charge < -0.3 is 4.90 Å². The molecule has 2 aliphatic rings. The maximum absolute atomic E-state index is 14.6. The minimum absolute atomic E-state index is 0.159. The van der Waals surface area contributed by atoms with Crippen molar-refractivity contribution in [3.05, 3.63) is 150 Å². The van der Waals surface area contributed by atoms with Crippen LogP contribution in [0.3, 0.4) is 0 Å². The van der Waals surface area contributed by atoms with E-state index in [4.69, 9.17) is 0 Å². The molecule has 216 valence electrons. The van der Waals surface area contributed by atoms with Crippen LogP contribution in [0.4, 0.5) is 17.1 Å². The Hall–Kier alpha value is -4.60. The van der Waals surface area contributed by atoms with Crippen LogP contribution in [-0.2, 0) is 20.0 Å². The third-order valence-electron chi connectivity index (χ3n) is 8.09. The van der Waals surface area contributed by atoms with E-state index in [1.54, 1.807) is 72.8 Å². The predicted molar refractivity (Wildman–Crippen MR) is 169 cm³/mol. The maximum atomic E-state index is 14.6. The number of benzene rings is 5. The number of nitrogens with zero attached hydrogens (tertiary/aromatic N) is 3. The van der Waals surface area contributed by atoms with E-state index in [-0.39, 0.29) is 9.79 Å². The summed E-state index contributed by atoms with van der Waals surface area (Å²) in [6, 6.07) is 37.4. The molecule has 9 heteroatoms. The highest BCUT2D eigenvalue weighted by Crippen LogP contribution is 2.57. The molecular weight excluding hydrogens is 579 g/mol. The van der Waals surface area contributed by atoms with E-state index in [0.717, 1.165) is 11.1 Å². The molecule has 7 nitrogen and oxygen atoms in total. The first kappa shape index (κ1) is 27.2. The zero-order valence-electron chi connectivity index (χ0n) is 23.6. The van der Waals surface area contributed by atoms with Gasteiger partial charge >= 0.3 is 0 Å². The Morgan fingerprint density at radius 3 is 1.26 bits per heavy atom. The first-order valence-corrected chi connectivity index (χ1v) is 16.8. The van der Waals surface area contributed by atoms with Crippen molar-refractivity contribution >= 4 is 37.1 Å². The molecule has 5 aromatic carbocycles. The molecule has 7 rings (SSSR count). The van der Waals surface area contributed by atoms with Crippen LogP contribution >= 0.6 is 0 Å². The van der Waals surface area contributed by atoms with Gasteiger partial charge in [0, 0.05) is 16.8 Å². The van der Waals surface area contributed by atoms with Crippen molar-refractivity contribution in [2.24, 2.45) is 0 Å². The van der Waals surface area contributed by atoms with Gasteiger partial charge in [-0.2, -0.15) is 0 Å². The Balaban J connectivity index is 1.56. The molecular formula is C34H29N3O4S2. The summed E-state index contributed by atoms with van der Waals surface area (Å²) in [5, 5.41) is 0. The van der Waals surface area contributed by atoms with Crippen LogP contribution < -0.4 is 13.5 Å². The fourth-order valence-electron chi connectivity index (χ4n) is 6.04. The SMILES string of the molecule is Cc1ccc(S(=O)(=O)N2c3ccccc3[C@H]3N(c4ccccc4)[C@H]2c2ccccc2N3S(=O)(=O)c2ccc(C)cc2)cc1. The van der Waals surface area contributed by atoms with Crippen molar-refractivity contribution in [3.8, 4) is 0 Å². The minimum Gasteiger partial charge on any atom is -0.320 e. The summed E-state index contributed by atoms with van der Waals surface area (Å²) >= 11 is 0. The van der Waals surface area contributed by atoms with E-state index in [0.29, 0.717) is 28.2 Å². The molecule has 0 saturated carbocycles. The van der Waals surface area contributed by atoms with Gasteiger partial charge in [-0.3, -0.25) is 0 Å². The summed E-state index contributed by atoms with van der Waals surface area (Å²) in [6.07, 6.45) is -1.73. The lowest BCUT2D eigenvalue weighted by molar-refractivity contribution is 0.483. The molecule has 0 unspecified atom stereocenters. The van der Waals surface area contributed by atoms with Crippen LogP contribution in [0.15, 0.2) is 137 Å². The van der Waals surface area contributed by atoms with Gasteiger partial charge in [0.25, 0.3) is 20.0 Å². The zero-order chi connectivity index (χ0) is 29.9. The summed E-state index contributed by atoms with van der Waals surface area (Å²) in [5.74, 6) is 0. The summed E-state index contributed by atoms with van der Waals surface area (Å²) in [6.45, 7) is 3.82. The highest BCUT2D eigenvalue weighted by Gasteiger charge is 2.54. The van der Waals surface area contributed by atoms with Crippen LogP contribution in [0.5, 0.6) is 0 Å². The van der Waals surface area contributed by atoms with Crippen molar-refractivity contribution in [3.63, 3.8) is 0 Å². The van der Waals surface area contributed by atoms with E-state index in [1.165, 1.54) is 8.61 Å². The summed E-state index contributed by atoms with van der Waals surface area (Å²) in [5.41, 5.74) is 4.57. The lowest BCUT2D eigenvalue weighted by atomic mass is 9.95. The van der Waals surface area contributed by atoms with E-state index in [2.05, 4.69) is 0 Å². The summed E-state index contributed by atoms with van der Waals surface area (Å²) < 4.78 is 61.5. The minimum atomic E-state index is -4.11. The van der Waals surface area contributed by atoms with Crippen LogP contribution in [0, 0.1) is 13.8 Å². The number of hydrogen-bond acceptors (Lipinski definition) is 5. The van der Waals surface area contributed by atoms with Gasteiger partial charge in [-0.25, -0.2) is 25.4 Å². The monoisotopic (exact) mass is 607 g/mol. The van der Waals surface area contributed by atoms with Gasteiger partial charge in [0.05, 0.1) is 21.2 Å². The molecule has 0 spiro atoms. The molecule has 2 aliphatic heterocycles. The van der Waals surface area contributed by atoms with Crippen LogP contribution in [0.2, 0.25) is 0 Å².